The lowest BCUT2D eigenvalue weighted by Crippen LogP contribution is -2.37. The third-order valence-corrected chi connectivity index (χ3v) is 4.92. The smallest absolute Gasteiger partial charge is 0.252 e. The molecule has 1 atom stereocenters. The minimum absolute atomic E-state index is 0.255. The van der Waals surface area contributed by atoms with E-state index in [1.807, 2.05) is 74.8 Å². The molecule has 1 amide bonds. The van der Waals surface area contributed by atoms with E-state index in [0.29, 0.717) is 12.0 Å². The maximum Gasteiger partial charge on any atom is 0.252 e. The van der Waals surface area contributed by atoms with Gasteiger partial charge in [0.2, 0.25) is 0 Å². The molecule has 0 heterocycles. The van der Waals surface area contributed by atoms with Crippen LogP contribution in [0.15, 0.2) is 78.9 Å². The summed E-state index contributed by atoms with van der Waals surface area (Å²) in [5, 5.41) is 2.85. The van der Waals surface area contributed by atoms with Crippen molar-refractivity contribution < 1.29 is 9.59 Å². The Hall–Kier alpha value is -3.50. The molecule has 4 nitrogen and oxygen atoms in total. The monoisotopic (exact) mass is 412 g/mol. The number of hydrogen-bond acceptors (Lipinski definition) is 3. The van der Waals surface area contributed by atoms with Crippen LogP contribution in [0.1, 0.15) is 32.6 Å². The summed E-state index contributed by atoms with van der Waals surface area (Å²) in [7, 11) is 4.09. The second kappa shape index (κ2) is 11.0. The van der Waals surface area contributed by atoms with E-state index in [4.69, 9.17) is 0 Å². The Labute approximate surface area is 184 Å². The molecule has 0 aromatic heterocycles. The Bertz CT molecular complexity index is 1020. The molecular weight excluding hydrogens is 384 g/mol. The van der Waals surface area contributed by atoms with Gasteiger partial charge < -0.3 is 15.0 Å². The van der Waals surface area contributed by atoms with E-state index >= 15 is 0 Å². The predicted molar refractivity (Wildman–Crippen MR) is 127 cm³/mol. The Morgan fingerprint density at radius 2 is 1.55 bits per heavy atom. The first-order valence-corrected chi connectivity index (χ1v) is 10.4. The van der Waals surface area contributed by atoms with Crippen molar-refractivity contribution in [1.82, 2.24) is 10.2 Å². The Kier molecular flexibility index (Phi) is 7.91. The van der Waals surface area contributed by atoms with Gasteiger partial charge in [0.15, 0.2) is 0 Å². The molecule has 31 heavy (non-hydrogen) atoms. The quantitative estimate of drug-likeness (QED) is 0.417. The Morgan fingerprint density at radius 3 is 2.23 bits per heavy atom. The molecule has 158 valence electrons. The summed E-state index contributed by atoms with van der Waals surface area (Å²) in [6.45, 7) is 0.897. The topological polar surface area (TPSA) is 49.4 Å². The van der Waals surface area contributed by atoms with Crippen LogP contribution in [0.3, 0.4) is 0 Å². The number of amides is 1. The fourth-order valence-electron chi connectivity index (χ4n) is 3.38. The number of carbonyl (C=O) groups is 2. The molecule has 3 rings (SSSR count). The van der Waals surface area contributed by atoms with Gasteiger partial charge in [-0.3, -0.25) is 4.79 Å². The summed E-state index contributed by atoms with van der Waals surface area (Å²) in [5.41, 5.74) is 4.67. The summed E-state index contributed by atoms with van der Waals surface area (Å²) in [5.74, 6) is -0.255. The minimum atomic E-state index is -0.573. The SMILES string of the molecule is CN(C)Cc1ccc(C=Cc2ccccc2C(=O)N[C@H](C=O)Cc2ccccc2)cc1. The zero-order valence-corrected chi connectivity index (χ0v) is 18.0. The van der Waals surface area contributed by atoms with Crippen LogP contribution in [0.4, 0.5) is 0 Å². The highest BCUT2D eigenvalue weighted by atomic mass is 16.2. The molecule has 0 aliphatic rings. The van der Waals surface area contributed by atoms with Crippen LogP contribution in [0, 0.1) is 0 Å². The maximum absolute atomic E-state index is 12.9. The number of benzene rings is 3. The van der Waals surface area contributed by atoms with Crippen molar-refractivity contribution in [3.05, 3.63) is 107 Å². The highest BCUT2D eigenvalue weighted by molar-refractivity contribution is 5.99. The number of hydrogen-bond donors (Lipinski definition) is 1. The molecule has 0 bridgehead atoms. The van der Waals surface area contributed by atoms with E-state index in [0.717, 1.165) is 29.5 Å². The molecule has 0 fully saturated rings. The fourth-order valence-corrected chi connectivity index (χ4v) is 3.38. The Morgan fingerprint density at radius 1 is 0.871 bits per heavy atom. The number of rotatable bonds is 9. The maximum atomic E-state index is 12.9. The second-order valence-corrected chi connectivity index (χ2v) is 7.81. The zero-order chi connectivity index (χ0) is 22.1. The van der Waals surface area contributed by atoms with Crippen molar-refractivity contribution in [3.8, 4) is 0 Å². The molecule has 0 radical (unpaired) electrons. The molecule has 3 aromatic rings. The normalized spacial score (nSPS) is 12.1. The van der Waals surface area contributed by atoms with Crippen LogP contribution in [-0.2, 0) is 17.8 Å². The van der Waals surface area contributed by atoms with Crippen molar-refractivity contribution in [3.63, 3.8) is 0 Å². The third kappa shape index (κ3) is 6.76. The van der Waals surface area contributed by atoms with Crippen LogP contribution >= 0.6 is 0 Å². The average molecular weight is 413 g/mol. The third-order valence-electron chi connectivity index (χ3n) is 4.92. The summed E-state index contributed by atoms with van der Waals surface area (Å²) in [6, 6.07) is 24.9. The van der Waals surface area contributed by atoms with Crippen molar-refractivity contribution in [1.29, 1.82) is 0 Å². The van der Waals surface area contributed by atoms with Crippen LogP contribution < -0.4 is 5.32 Å². The predicted octanol–water partition coefficient (Wildman–Crippen LogP) is 4.46. The molecule has 0 saturated heterocycles. The Balaban J connectivity index is 1.71. The van der Waals surface area contributed by atoms with Crippen molar-refractivity contribution in [2.75, 3.05) is 14.1 Å². The highest BCUT2D eigenvalue weighted by Crippen LogP contribution is 2.15. The summed E-state index contributed by atoms with van der Waals surface area (Å²) in [6.07, 6.45) is 5.18. The van der Waals surface area contributed by atoms with E-state index < -0.39 is 6.04 Å². The number of nitrogens with zero attached hydrogens (tertiary/aromatic N) is 1. The van der Waals surface area contributed by atoms with Crippen LogP contribution in [-0.4, -0.2) is 37.2 Å². The first kappa shape index (κ1) is 22.2. The molecule has 1 N–H and O–H groups in total. The second-order valence-electron chi connectivity index (χ2n) is 7.81. The van der Waals surface area contributed by atoms with Crippen LogP contribution in [0.25, 0.3) is 12.2 Å². The van der Waals surface area contributed by atoms with E-state index in [1.165, 1.54) is 5.56 Å². The minimum Gasteiger partial charge on any atom is -0.342 e. The molecule has 0 spiro atoms. The van der Waals surface area contributed by atoms with Gasteiger partial charge in [-0.2, -0.15) is 0 Å². The summed E-state index contributed by atoms with van der Waals surface area (Å²) >= 11 is 0. The molecule has 3 aromatic carbocycles. The van der Waals surface area contributed by atoms with E-state index in [9.17, 15) is 9.59 Å². The first-order chi connectivity index (χ1) is 15.0. The first-order valence-electron chi connectivity index (χ1n) is 10.4. The van der Waals surface area contributed by atoms with Gasteiger partial charge >= 0.3 is 0 Å². The molecule has 0 aliphatic carbocycles. The summed E-state index contributed by atoms with van der Waals surface area (Å²) in [4.78, 5) is 26.5. The van der Waals surface area contributed by atoms with Gasteiger partial charge in [0.05, 0.1) is 6.04 Å². The average Bonchev–Trinajstić information content (AvgIpc) is 2.78. The van der Waals surface area contributed by atoms with E-state index in [2.05, 4.69) is 34.5 Å². The van der Waals surface area contributed by atoms with Gasteiger partial charge in [-0.05, 0) is 48.8 Å². The lowest BCUT2D eigenvalue weighted by Gasteiger charge is -2.14. The van der Waals surface area contributed by atoms with Crippen LogP contribution in [0.5, 0.6) is 0 Å². The number of nitrogens with one attached hydrogen (secondary N) is 1. The van der Waals surface area contributed by atoms with Crippen molar-refractivity contribution in [2.24, 2.45) is 0 Å². The van der Waals surface area contributed by atoms with Gasteiger partial charge in [0, 0.05) is 12.1 Å². The molecule has 0 aliphatic heterocycles. The zero-order valence-electron chi connectivity index (χ0n) is 18.0. The largest absolute Gasteiger partial charge is 0.342 e. The number of aldehydes is 1. The van der Waals surface area contributed by atoms with Gasteiger partial charge in [0.1, 0.15) is 6.29 Å². The van der Waals surface area contributed by atoms with E-state index in [-0.39, 0.29) is 5.91 Å². The lowest BCUT2D eigenvalue weighted by molar-refractivity contribution is -0.109. The van der Waals surface area contributed by atoms with Gasteiger partial charge in [-0.1, -0.05) is 84.9 Å². The van der Waals surface area contributed by atoms with Gasteiger partial charge in [0.25, 0.3) is 5.91 Å². The number of carbonyl (C=O) groups excluding carboxylic acids is 2. The van der Waals surface area contributed by atoms with Crippen LogP contribution in [0.2, 0.25) is 0 Å². The molecular formula is C27H28N2O2. The highest BCUT2D eigenvalue weighted by Gasteiger charge is 2.15. The van der Waals surface area contributed by atoms with E-state index in [1.54, 1.807) is 6.07 Å². The van der Waals surface area contributed by atoms with Crippen molar-refractivity contribution >= 4 is 24.3 Å². The fraction of sp³-hybridized carbons (Fsp3) is 0.185. The lowest BCUT2D eigenvalue weighted by atomic mass is 10.0. The molecule has 4 heteroatoms. The van der Waals surface area contributed by atoms with Gasteiger partial charge in [-0.15, -0.1) is 0 Å². The van der Waals surface area contributed by atoms with Crippen molar-refractivity contribution in [2.45, 2.75) is 19.0 Å². The molecule has 0 unspecified atom stereocenters. The standard InChI is InChI=1S/C27H28N2O2/c1-29(2)19-23-14-12-21(13-15-23)16-17-24-10-6-7-11-26(24)27(31)28-25(20-30)18-22-8-4-3-5-9-22/h3-17,20,25H,18-19H2,1-2H3,(H,28,31)/t25-/m0/s1. The summed E-state index contributed by atoms with van der Waals surface area (Å²) < 4.78 is 0. The van der Waals surface area contributed by atoms with Gasteiger partial charge in [-0.25, -0.2) is 0 Å². The molecule has 0 saturated carbocycles.